The molecule has 0 saturated heterocycles. The van der Waals surface area contributed by atoms with E-state index in [0.29, 0.717) is 6.54 Å². The SMILES string of the molecule is CN.Cc1cc(CN)c(C)o1.Cl.Cl. The molecule has 1 heterocycles. The first-order valence-electron chi connectivity index (χ1n) is 3.57. The monoisotopic (exact) mass is 228 g/mol. The number of rotatable bonds is 1. The molecule has 0 atom stereocenters. The minimum atomic E-state index is 0. The maximum Gasteiger partial charge on any atom is 0.105 e. The van der Waals surface area contributed by atoms with E-state index in [2.05, 4.69) is 5.73 Å². The third-order valence-electron chi connectivity index (χ3n) is 1.36. The molecule has 13 heavy (non-hydrogen) atoms. The maximum atomic E-state index is 5.40. The van der Waals surface area contributed by atoms with Crippen molar-refractivity contribution < 1.29 is 4.42 Å². The highest BCUT2D eigenvalue weighted by molar-refractivity contribution is 5.85. The molecule has 0 amide bonds. The highest BCUT2D eigenvalue weighted by Crippen LogP contribution is 2.11. The Labute approximate surface area is 91.7 Å². The molecule has 0 aliphatic rings. The van der Waals surface area contributed by atoms with Gasteiger partial charge in [0.25, 0.3) is 0 Å². The molecular weight excluding hydrogens is 211 g/mol. The van der Waals surface area contributed by atoms with Crippen LogP contribution >= 0.6 is 24.8 Å². The summed E-state index contributed by atoms with van der Waals surface area (Å²) >= 11 is 0. The first kappa shape index (κ1) is 18.5. The van der Waals surface area contributed by atoms with Gasteiger partial charge >= 0.3 is 0 Å². The second-order valence-corrected chi connectivity index (χ2v) is 2.14. The molecule has 80 valence electrons. The van der Waals surface area contributed by atoms with E-state index < -0.39 is 0 Å². The van der Waals surface area contributed by atoms with Gasteiger partial charge in [0, 0.05) is 12.1 Å². The lowest BCUT2D eigenvalue weighted by atomic mass is 10.2. The van der Waals surface area contributed by atoms with Crippen molar-refractivity contribution in [3.05, 3.63) is 23.2 Å². The lowest BCUT2D eigenvalue weighted by Crippen LogP contribution is -1.95. The van der Waals surface area contributed by atoms with Crippen molar-refractivity contribution in [3.8, 4) is 0 Å². The fraction of sp³-hybridized carbons (Fsp3) is 0.500. The van der Waals surface area contributed by atoms with Crippen molar-refractivity contribution in [1.29, 1.82) is 0 Å². The van der Waals surface area contributed by atoms with Crippen LogP contribution in [0.4, 0.5) is 0 Å². The molecular formula is C8H18Cl2N2O. The van der Waals surface area contributed by atoms with Crippen molar-refractivity contribution in [3.63, 3.8) is 0 Å². The standard InChI is InChI=1S/C7H11NO.CH5N.2ClH/c1-5-3-7(4-8)6(2)9-5;1-2;;/h3H,4,8H2,1-2H3;2H2,1H3;2*1H. The fourth-order valence-corrected chi connectivity index (χ4v) is 0.886. The Hall–Kier alpha value is -0.220. The zero-order valence-corrected chi connectivity index (χ0v) is 9.80. The number of furan rings is 1. The molecule has 4 N–H and O–H groups in total. The van der Waals surface area contributed by atoms with Crippen LogP contribution < -0.4 is 11.5 Å². The lowest BCUT2D eigenvalue weighted by Gasteiger charge is -1.86. The number of hydrogen-bond acceptors (Lipinski definition) is 3. The molecule has 0 fully saturated rings. The van der Waals surface area contributed by atoms with Gasteiger partial charge in [0.1, 0.15) is 11.5 Å². The highest BCUT2D eigenvalue weighted by Gasteiger charge is 1.99. The van der Waals surface area contributed by atoms with E-state index in [0.717, 1.165) is 17.1 Å². The van der Waals surface area contributed by atoms with Gasteiger partial charge in [-0.3, -0.25) is 0 Å². The molecule has 0 spiro atoms. The second-order valence-electron chi connectivity index (χ2n) is 2.14. The summed E-state index contributed by atoms with van der Waals surface area (Å²) < 4.78 is 5.23. The number of halogens is 2. The highest BCUT2D eigenvalue weighted by atomic mass is 35.5. The molecule has 0 aliphatic heterocycles. The third-order valence-corrected chi connectivity index (χ3v) is 1.36. The summed E-state index contributed by atoms with van der Waals surface area (Å²) in [5.41, 5.74) is 11.0. The topological polar surface area (TPSA) is 65.2 Å². The fourth-order valence-electron chi connectivity index (χ4n) is 0.886. The molecule has 0 bridgehead atoms. The van der Waals surface area contributed by atoms with Gasteiger partial charge in [0.05, 0.1) is 0 Å². The number of nitrogens with two attached hydrogens (primary N) is 2. The Bertz CT molecular complexity index is 214. The van der Waals surface area contributed by atoms with Crippen LogP contribution in [0.5, 0.6) is 0 Å². The normalized spacial score (nSPS) is 7.46. The van der Waals surface area contributed by atoms with Crippen LogP contribution in [0.1, 0.15) is 17.1 Å². The predicted molar refractivity (Wildman–Crippen MR) is 60.7 cm³/mol. The van der Waals surface area contributed by atoms with E-state index in [9.17, 15) is 0 Å². The van der Waals surface area contributed by atoms with Crippen molar-refractivity contribution in [1.82, 2.24) is 0 Å². The van der Waals surface area contributed by atoms with Gasteiger partial charge in [-0.15, -0.1) is 24.8 Å². The van der Waals surface area contributed by atoms with Crippen molar-refractivity contribution in [2.45, 2.75) is 20.4 Å². The maximum absolute atomic E-state index is 5.40. The summed E-state index contributed by atoms with van der Waals surface area (Å²) in [5.74, 6) is 1.88. The van der Waals surface area contributed by atoms with Gasteiger partial charge < -0.3 is 15.9 Å². The number of hydrogen-bond donors (Lipinski definition) is 2. The Balaban J connectivity index is -0.000000234. The van der Waals surface area contributed by atoms with Crippen LogP contribution in [0, 0.1) is 13.8 Å². The molecule has 0 unspecified atom stereocenters. The van der Waals surface area contributed by atoms with Gasteiger partial charge in [-0.1, -0.05) is 0 Å². The average Bonchev–Trinajstić information content (AvgIpc) is 2.33. The first-order valence-corrected chi connectivity index (χ1v) is 3.57. The number of aryl methyl sites for hydroxylation is 2. The zero-order valence-electron chi connectivity index (χ0n) is 8.16. The quantitative estimate of drug-likeness (QED) is 0.771. The van der Waals surface area contributed by atoms with E-state index in [-0.39, 0.29) is 24.8 Å². The molecule has 0 saturated carbocycles. The largest absolute Gasteiger partial charge is 0.466 e. The van der Waals surface area contributed by atoms with Crippen molar-refractivity contribution >= 4 is 24.8 Å². The van der Waals surface area contributed by atoms with Crippen LogP contribution in [0.25, 0.3) is 0 Å². The zero-order chi connectivity index (χ0) is 8.85. The van der Waals surface area contributed by atoms with Crippen LogP contribution in [0.2, 0.25) is 0 Å². The lowest BCUT2D eigenvalue weighted by molar-refractivity contribution is 0.501. The summed E-state index contributed by atoms with van der Waals surface area (Å²) in [4.78, 5) is 0. The summed E-state index contributed by atoms with van der Waals surface area (Å²) in [6, 6.07) is 1.97. The third kappa shape index (κ3) is 5.93. The molecule has 0 aromatic carbocycles. The van der Waals surface area contributed by atoms with Gasteiger partial charge in [-0.25, -0.2) is 0 Å². The van der Waals surface area contributed by atoms with E-state index >= 15 is 0 Å². The first-order chi connectivity index (χ1) is 5.24. The molecule has 1 aromatic heterocycles. The summed E-state index contributed by atoms with van der Waals surface area (Å²) in [7, 11) is 1.50. The molecule has 3 nitrogen and oxygen atoms in total. The van der Waals surface area contributed by atoms with Crippen LogP contribution in [0.15, 0.2) is 10.5 Å². The smallest absolute Gasteiger partial charge is 0.105 e. The van der Waals surface area contributed by atoms with Crippen LogP contribution in [0.3, 0.4) is 0 Å². The molecule has 5 heteroatoms. The Kier molecular flexibility index (Phi) is 14.1. The van der Waals surface area contributed by atoms with E-state index in [1.165, 1.54) is 7.05 Å². The minimum Gasteiger partial charge on any atom is -0.466 e. The van der Waals surface area contributed by atoms with Gasteiger partial charge in [0.15, 0.2) is 0 Å². The summed E-state index contributed by atoms with van der Waals surface area (Å²) in [6.45, 7) is 4.42. The molecule has 0 aliphatic carbocycles. The van der Waals surface area contributed by atoms with E-state index in [1.54, 1.807) is 0 Å². The average molecular weight is 229 g/mol. The van der Waals surface area contributed by atoms with Crippen LogP contribution in [-0.2, 0) is 6.54 Å². The molecule has 1 rings (SSSR count). The Morgan fingerprint density at radius 3 is 1.85 bits per heavy atom. The Morgan fingerprint density at radius 1 is 1.23 bits per heavy atom. The van der Waals surface area contributed by atoms with Gasteiger partial charge in [-0.2, -0.15) is 0 Å². The van der Waals surface area contributed by atoms with Gasteiger partial charge in [-0.05, 0) is 27.0 Å². The second kappa shape index (κ2) is 9.86. The predicted octanol–water partition coefficient (Wildman–Crippen LogP) is 1.77. The van der Waals surface area contributed by atoms with Crippen LogP contribution in [-0.4, -0.2) is 7.05 Å². The van der Waals surface area contributed by atoms with Gasteiger partial charge in [0.2, 0.25) is 0 Å². The molecule has 0 radical (unpaired) electrons. The molecule has 1 aromatic rings. The minimum absolute atomic E-state index is 0. The summed E-state index contributed by atoms with van der Waals surface area (Å²) in [6.07, 6.45) is 0. The van der Waals surface area contributed by atoms with Crippen molar-refractivity contribution in [2.75, 3.05) is 7.05 Å². The summed E-state index contributed by atoms with van der Waals surface area (Å²) in [5, 5.41) is 0. The van der Waals surface area contributed by atoms with E-state index in [4.69, 9.17) is 10.2 Å². The van der Waals surface area contributed by atoms with Crippen molar-refractivity contribution in [2.24, 2.45) is 11.5 Å². The Morgan fingerprint density at radius 2 is 1.69 bits per heavy atom. The van der Waals surface area contributed by atoms with E-state index in [1.807, 2.05) is 19.9 Å².